The zero-order chi connectivity index (χ0) is 24.4. The summed E-state index contributed by atoms with van der Waals surface area (Å²) < 4.78 is 5.56. The number of halogens is 2. The molecule has 4 rings (SSSR count). The lowest BCUT2D eigenvalue weighted by molar-refractivity contribution is -0.385. The monoisotopic (exact) mass is 514 g/mol. The van der Waals surface area contributed by atoms with Gasteiger partial charge in [-0.15, -0.1) is 0 Å². The Labute approximate surface area is 207 Å². The fraction of sp³-hybridized carbons (Fsp3) is 0. The average Bonchev–Trinajstić information content (AvgIpc) is 2.81. The molecule has 1 aliphatic heterocycles. The Morgan fingerprint density at radius 2 is 1.82 bits per heavy atom. The first-order valence-electron chi connectivity index (χ1n) is 9.48. The second-order valence-corrected chi connectivity index (χ2v) is 7.99. The standard InChI is InChI=1S/C22H12Cl2N4O5S/c23-16-2-1-3-17(19(16)24)27-21(30)15(20(29)26-22(27)34)10-12-4-7-14(8-5-12)33-18-9-6-13(11-25-18)28(31)32/h1-11H,(H,26,29,34). The van der Waals surface area contributed by atoms with E-state index in [4.69, 9.17) is 40.2 Å². The summed E-state index contributed by atoms with van der Waals surface area (Å²) in [7, 11) is 0. The van der Waals surface area contributed by atoms with Crippen LogP contribution in [-0.2, 0) is 9.59 Å². The van der Waals surface area contributed by atoms with Crippen molar-refractivity contribution in [2.75, 3.05) is 4.90 Å². The van der Waals surface area contributed by atoms with Gasteiger partial charge in [0.15, 0.2) is 5.11 Å². The molecule has 0 saturated carbocycles. The van der Waals surface area contributed by atoms with Crippen molar-refractivity contribution in [3.8, 4) is 11.6 Å². The summed E-state index contributed by atoms with van der Waals surface area (Å²) in [6, 6.07) is 13.8. The van der Waals surface area contributed by atoms with Gasteiger partial charge >= 0.3 is 0 Å². The maximum atomic E-state index is 13.1. The SMILES string of the molecule is O=C1NC(=S)N(c2cccc(Cl)c2Cl)C(=O)C1=Cc1ccc(Oc2ccc([N+](=O)[O-])cn2)cc1. The Hall–Kier alpha value is -3.86. The molecule has 34 heavy (non-hydrogen) atoms. The minimum atomic E-state index is -0.659. The topological polar surface area (TPSA) is 115 Å². The largest absolute Gasteiger partial charge is 0.439 e. The highest BCUT2D eigenvalue weighted by Crippen LogP contribution is 2.34. The number of nitro groups is 1. The van der Waals surface area contributed by atoms with Gasteiger partial charge in [0.1, 0.15) is 17.5 Å². The van der Waals surface area contributed by atoms with Gasteiger partial charge in [0.2, 0.25) is 5.88 Å². The van der Waals surface area contributed by atoms with Crippen LogP contribution in [0.3, 0.4) is 0 Å². The van der Waals surface area contributed by atoms with Crippen molar-refractivity contribution < 1.29 is 19.2 Å². The minimum absolute atomic E-state index is 0.115. The van der Waals surface area contributed by atoms with Crippen LogP contribution in [0.4, 0.5) is 11.4 Å². The van der Waals surface area contributed by atoms with Crippen LogP contribution in [0.15, 0.2) is 66.4 Å². The zero-order valence-electron chi connectivity index (χ0n) is 16.9. The molecule has 0 spiro atoms. The van der Waals surface area contributed by atoms with E-state index in [0.717, 1.165) is 11.1 Å². The summed E-state index contributed by atoms with van der Waals surface area (Å²) in [6.45, 7) is 0. The molecule has 0 bridgehead atoms. The Bertz CT molecular complexity index is 1360. The molecule has 1 aliphatic rings. The highest BCUT2D eigenvalue weighted by molar-refractivity contribution is 7.80. The summed E-state index contributed by atoms with van der Waals surface area (Å²) in [5.74, 6) is -0.745. The van der Waals surface area contributed by atoms with E-state index in [1.165, 1.54) is 18.2 Å². The molecule has 3 aromatic rings. The first-order chi connectivity index (χ1) is 16.2. The lowest BCUT2D eigenvalue weighted by Crippen LogP contribution is -2.54. The van der Waals surface area contributed by atoms with Crippen LogP contribution in [0.25, 0.3) is 6.08 Å². The van der Waals surface area contributed by atoms with Crippen LogP contribution in [0, 0.1) is 10.1 Å². The lowest BCUT2D eigenvalue weighted by atomic mass is 10.1. The molecule has 12 heteroatoms. The Morgan fingerprint density at radius 1 is 1.09 bits per heavy atom. The van der Waals surface area contributed by atoms with Gasteiger partial charge in [0, 0.05) is 12.1 Å². The van der Waals surface area contributed by atoms with Crippen molar-refractivity contribution in [1.82, 2.24) is 10.3 Å². The molecule has 170 valence electrons. The van der Waals surface area contributed by atoms with E-state index in [-0.39, 0.29) is 38.0 Å². The van der Waals surface area contributed by atoms with Crippen molar-refractivity contribution in [3.63, 3.8) is 0 Å². The lowest BCUT2D eigenvalue weighted by Gasteiger charge is -2.29. The van der Waals surface area contributed by atoms with E-state index in [0.29, 0.717) is 11.3 Å². The molecule has 1 N–H and O–H groups in total. The van der Waals surface area contributed by atoms with Gasteiger partial charge < -0.3 is 4.74 Å². The molecular weight excluding hydrogens is 503 g/mol. The highest BCUT2D eigenvalue weighted by Gasteiger charge is 2.35. The van der Waals surface area contributed by atoms with Crippen LogP contribution in [-0.4, -0.2) is 26.8 Å². The van der Waals surface area contributed by atoms with Crippen molar-refractivity contribution >= 4 is 69.8 Å². The predicted octanol–water partition coefficient (Wildman–Crippen LogP) is 4.92. The van der Waals surface area contributed by atoms with Crippen molar-refractivity contribution in [1.29, 1.82) is 0 Å². The van der Waals surface area contributed by atoms with Gasteiger partial charge in [-0.1, -0.05) is 41.4 Å². The normalized spacial score (nSPS) is 14.8. The van der Waals surface area contributed by atoms with Gasteiger partial charge in [-0.25, -0.2) is 4.98 Å². The molecular formula is C22H12Cl2N4O5S. The van der Waals surface area contributed by atoms with E-state index < -0.39 is 16.7 Å². The number of carbonyl (C=O) groups is 2. The fourth-order valence-corrected chi connectivity index (χ4v) is 3.66. The molecule has 2 amide bonds. The summed E-state index contributed by atoms with van der Waals surface area (Å²) >= 11 is 17.5. The Balaban J connectivity index is 1.57. The number of rotatable bonds is 5. The van der Waals surface area contributed by atoms with Crippen molar-refractivity contribution in [2.24, 2.45) is 0 Å². The third-order valence-electron chi connectivity index (χ3n) is 4.62. The van der Waals surface area contributed by atoms with Gasteiger partial charge in [0.25, 0.3) is 17.5 Å². The number of hydrogen-bond acceptors (Lipinski definition) is 7. The average molecular weight is 515 g/mol. The molecule has 0 unspecified atom stereocenters. The molecule has 9 nitrogen and oxygen atoms in total. The maximum absolute atomic E-state index is 13.1. The van der Waals surface area contributed by atoms with Gasteiger partial charge in [-0.05, 0) is 48.1 Å². The number of hydrogen-bond donors (Lipinski definition) is 1. The third kappa shape index (κ3) is 4.74. The number of thiocarbonyl (C=S) groups is 1. The molecule has 0 aliphatic carbocycles. The van der Waals surface area contributed by atoms with E-state index in [9.17, 15) is 19.7 Å². The van der Waals surface area contributed by atoms with Crippen molar-refractivity contribution in [2.45, 2.75) is 0 Å². The van der Waals surface area contributed by atoms with Crippen LogP contribution in [0.5, 0.6) is 11.6 Å². The molecule has 2 aromatic carbocycles. The molecule has 1 fully saturated rings. The summed E-state index contributed by atoms with van der Waals surface area (Å²) in [5.41, 5.74) is 0.467. The number of carbonyl (C=O) groups excluding carboxylic acids is 2. The predicted molar refractivity (Wildman–Crippen MR) is 130 cm³/mol. The molecule has 1 aromatic heterocycles. The van der Waals surface area contributed by atoms with Crippen LogP contribution in [0.1, 0.15) is 5.56 Å². The van der Waals surface area contributed by atoms with Crippen LogP contribution in [0.2, 0.25) is 10.0 Å². The number of anilines is 1. The van der Waals surface area contributed by atoms with Crippen molar-refractivity contribution in [3.05, 3.63) is 92.1 Å². The molecule has 0 radical (unpaired) electrons. The van der Waals surface area contributed by atoms with E-state index >= 15 is 0 Å². The number of nitrogens with zero attached hydrogens (tertiary/aromatic N) is 3. The Kier molecular flexibility index (Phi) is 6.55. The van der Waals surface area contributed by atoms with E-state index in [2.05, 4.69) is 10.3 Å². The van der Waals surface area contributed by atoms with Crippen LogP contribution < -0.4 is 15.0 Å². The Morgan fingerprint density at radius 3 is 2.47 bits per heavy atom. The van der Waals surface area contributed by atoms with Gasteiger partial charge in [-0.2, -0.15) is 0 Å². The van der Waals surface area contributed by atoms with Gasteiger partial charge in [0.05, 0.1) is 20.7 Å². The third-order valence-corrected chi connectivity index (χ3v) is 5.71. The van der Waals surface area contributed by atoms with Crippen LogP contribution >= 0.6 is 35.4 Å². The number of benzene rings is 2. The minimum Gasteiger partial charge on any atom is -0.439 e. The maximum Gasteiger partial charge on any atom is 0.287 e. The fourth-order valence-electron chi connectivity index (χ4n) is 3.00. The molecule has 0 atom stereocenters. The highest BCUT2D eigenvalue weighted by atomic mass is 35.5. The van der Waals surface area contributed by atoms with E-state index in [1.54, 1.807) is 42.5 Å². The quantitative estimate of drug-likeness (QED) is 0.169. The second-order valence-electron chi connectivity index (χ2n) is 6.81. The van der Waals surface area contributed by atoms with Gasteiger partial charge in [-0.3, -0.25) is 29.9 Å². The molecule has 2 heterocycles. The first kappa shape index (κ1) is 23.3. The number of aromatic nitrogens is 1. The summed E-state index contributed by atoms with van der Waals surface area (Å²) in [6.07, 6.45) is 2.49. The number of pyridine rings is 1. The van der Waals surface area contributed by atoms with E-state index in [1.807, 2.05) is 0 Å². The zero-order valence-corrected chi connectivity index (χ0v) is 19.2. The molecule has 1 saturated heterocycles. The summed E-state index contributed by atoms with van der Waals surface area (Å²) in [4.78, 5) is 40.7. The smallest absolute Gasteiger partial charge is 0.287 e. The number of ether oxygens (including phenoxy) is 1. The summed E-state index contributed by atoms with van der Waals surface area (Å²) in [5, 5.41) is 13.4. The first-order valence-corrected chi connectivity index (χ1v) is 10.6. The number of nitrogens with one attached hydrogen (secondary N) is 1. The number of amides is 2. The second kappa shape index (κ2) is 9.56.